The summed E-state index contributed by atoms with van der Waals surface area (Å²) in [6.45, 7) is 31.0. The van der Waals surface area contributed by atoms with Crippen molar-refractivity contribution in [3.8, 4) is 0 Å². The fourth-order valence-corrected chi connectivity index (χ4v) is 5.93. The van der Waals surface area contributed by atoms with Gasteiger partial charge in [0, 0.05) is 129 Å². The summed E-state index contributed by atoms with van der Waals surface area (Å²) in [5.74, 6) is -0.0311. The van der Waals surface area contributed by atoms with Crippen molar-refractivity contribution < 1.29 is 125 Å². The predicted octanol–water partition coefficient (Wildman–Crippen LogP) is 5.29. The standard InChI is InChI=1S/C12H21NO4.C11H21N3O3.C10H14N4O4.C10H19N3O3.C6H14N4O2.C4H8O.2C2H6.CH2O3.HN3.Na/c1-3-10-9-11(14)13(12(10)15)5-6-17-8-7-16-4-2;1-2-4-11(15)5-3-7-16-9-10-17-8-6-13-14-12;11-13-12-3-5-17-7-8-18-6-4-14-9(15)1-2-10(14)16;1-2-10(14)4-3-6-15-8-9-16-7-5-12-13-11;7-1-3-11-5-6-12-4-2-9-10-8;1-3-4(2)5;2*1-2;2-1-4-3;1-3-2;/h10H,3-9H2,1-2H3;2-10H2,1H3;1-2H,3-8H2;2-9H2,1H3;1-7H2;3H2,1-2H3;2*1-2H3;1,3H;1H;/q;;;;;;;;;;+1/p-1. The molecule has 4 amide bonds. The summed E-state index contributed by atoms with van der Waals surface area (Å²) >= 11 is 0. The predicted molar refractivity (Wildman–Crippen MR) is 354 cm³/mol. The van der Waals surface area contributed by atoms with Gasteiger partial charge in [-0.05, 0) is 72.1 Å². The monoisotopic (exact) mass is 1400 g/mol. The number of hydrogen-bond acceptors (Lipinski definition) is 26. The average molecular weight is 1400 g/mol. The van der Waals surface area contributed by atoms with E-state index in [1.165, 1.54) is 17.1 Å². The van der Waals surface area contributed by atoms with Crippen molar-refractivity contribution in [3.05, 3.63) is 64.4 Å². The molecule has 1 saturated heterocycles. The summed E-state index contributed by atoms with van der Waals surface area (Å²) in [5, 5.41) is 21.7. The van der Waals surface area contributed by atoms with Crippen molar-refractivity contribution in [2.24, 2.45) is 32.1 Å². The summed E-state index contributed by atoms with van der Waals surface area (Å²) in [6.07, 6.45) is 9.15. The Labute approximate surface area is 593 Å². The summed E-state index contributed by atoms with van der Waals surface area (Å²) < 4.78 is 51.6. The molecule has 39 heteroatoms. The van der Waals surface area contributed by atoms with E-state index < -0.39 is 0 Å². The minimum atomic E-state index is -0.311. The van der Waals surface area contributed by atoms with Crippen LogP contribution in [0.1, 0.15) is 133 Å². The van der Waals surface area contributed by atoms with Gasteiger partial charge < -0.3 is 68.0 Å². The molecule has 0 aliphatic carbocycles. The number of imide groups is 2. The zero-order chi connectivity index (χ0) is 74.2. The van der Waals surface area contributed by atoms with Crippen molar-refractivity contribution in [2.45, 2.75) is 133 Å². The van der Waals surface area contributed by atoms with E-state index in [1.807, 2.05) is 62.3 Å². The Morgan fingerprint density at radius 3 is 1.15 bits per heavy atom. The number of likely N-dealkylation sites (tertiary alicyclic amines) is 1. The Morgan fingerprint density at radius 2 is 0.866 bits per heavy atom. The van der Waals surface area contributed by atoms with Gasteiger partial charge in [-0.3, -0.25) is 43.4 Å². The van der Waals surface area contributed by atoms with Gasteiger partial charge in [0.15, 0.2) is 0 Å². The van der Waals surface area contributed by atoms with E-state index in [2.05, 4.69) is 45.0 Å². The molecule has 0 bridgehead atoms. The Bertz CT molecular complexity index is 2120. The van der Waals surface area contributed by atoms with Crippen LogP contribution in [0.5, 0.6) is 0 Å². The van der Waals surface area contributed by atoms with Crippen LogP contribution in [0.4, 0.5) is 0 Å². The molecule has 0 spiro atoms. The molecule has 2 aliphatic heterocycles. The van der Waals surface area contributed by atoms with Crippen LogP contribution in [0, 0.1) is 11.4 Å². The summed E-state index contributed by atoms with van der Waals surface area (Å²) in [5.41, 5.74) is 49.3. The second-order valence-corrected chi connectivity index (χ2v) is 17.4. The zero-order valence-corrected chi connectivity index (χ0v) is 61.4. The van der Waals surface area contributed by atoms with Crippen LogP contribution >= 0.6 is 0 Å². The van der Waals surface area contributed by atoms with Crippen LogP contribution < -0.4 is 40.5 Å². The number of nitrogens with one attached hydrogen (secondary N) is 1. The van der Waals surface area contributed by atoms with Crippen molar-refractivity contribution in [1.29, 1.82) is 5.53 Å². The van der Waals surface area contributed by atoms with Gasteiger partial charge in [0.1, 0.15) is 17.3 Å². The number of amides is 4. The van der Waals surface area contributed by atoms with Gasteiger partial charge in [-0.25, -0.2) is 0 Å². The topological polar surface area (TPSA) is 549 Å². The van der Waals surface area contributed by atoms with Gasteiger partial charge in [0.2, 0.25) is 11.8 Å². The van der Waals surface area contributed by atoms with Crippen LogP contribution in [0.3, 0.4) is 0 Å². The van der Waals surface area contributed by atoms with Gasteiger partial charge in [-0.1, -0.05) is 75.8 Å². The molecule has 0 aromatic rings. The number of nitrogens with two attached hydrogens (primary N) is 1. The largest absolute Gasteiger partial charge is 1.00 e. The summed E-state index contributed by atoms with van der Waals surface area (Å²) in [4.78, 5) is 103. The molecule has 38 nitrogen and oxygen atoms in total. The molecule has 1 atom stereocenters. The van der Waals surface area contributed by atoms with E-state index in [0.717, 1.165) is 30.6 Å². The number of ether oxygens (including phenoxy) is 10. The van der Waals surface area contributed by atoms with Crippen molar-refractivity contribution in [3.63, 3.8) is 0 Å². The number of Topliss-reactive ketones (excluding diaryl/α,β-unsaturated/α-hetero) is 3. The maximum absolute atomic E-state index is 11.7. The van der Waals surface area contributed by atoms with Gasteiger partial charge in [-0.2, -0.15) is 0 Å². The molecule has 2 heterocycles. The van der Waals surface area contributed by atoms with E-state index in [9.17, 15) is 33.6 Å². The van der Waals surface area contributed by atoms with Crippen LogP contribution in [0.15, 0.2) is 32.6 Å². The number of carbonyl (C=O) groups excluding carboxylic acids is 8. The van der Waals surface area contributed by atoms with Crippen LogP contribution in [-0.2, 0) is 90.6 Å². The number of rotatable bonds is 50. The SMILES string of the molecule is CC.CC.CCC(=O)CCCOCCOCCN=[N+]=[N-].CCC(C)=O.CCCC(=O)CCCOCCOCCN=[N+]=[N-].CCOCCOCCN1C(=O)CC(CC)C1=O.O=CO[O-].[N-]=[N+]=N.[N-]=[N+]=NCCOCCOCCN.[N-]=[N+]=NCCOCCOCCN1C(=O)C=CC1=O.[Na+]. The van der Waals surface area contributed by atoms with Gasteiger partial charge in [0.25, 0.3) is 18.3 Å². The Kier molecular flexibility index (Phi) is 113. The molecule has 2 aliphatic rings. The van der Waals surface area contributed by atoms with E-state index in [1.54, 1.807) is 11.8 Å². The smallest absolute Gasteiger partial charge is 0.662 e. The summed E-state index contributed by atoms with van der Waals surface area (Å²) in [7, 11) is 0. The number of hydrogen-bond donors (Lipinski definition) is 2. The first-order chi connectivity index (χ1) is 46.6. The number of nitrogens with zero attached hydrogens (tertiary/aromatic N) is 16. The third kappa shape index (κ3) is 96.0. The molecule has 1 unspecified atom stereocenters. The zero-order valence-electron chi connectivity index (χ0n) is 59.4. The van der Waals surface area contributed by atoms with Crippen LogP contribution in [-0.4, -0.2) is 235 Å². The van der Waals surface area contributed by atoms with E-state index in [-0.39, 0.29) is 90.3 Å². The van der Waals surface area contributed by atoms with Crippen molar-refractivity contribution >= 4 is 47.5 Å². The minimum Gasteiger partial charge on any atom is -0.662 e. The molecule has 0 saturated carbocycles. The first-order valence-corrected chi connectivity index (χ1v) is 31.7. The molecule has 97 heavy (non-hydrogen) atoms. The molecule has 0 aromatic heterocycles. The average Bonchev–Trinajstić information content (AvgIpc) is 1.74. The van der Waals surface area contributed by atoms with Crippen LogP contribution in [0.2, 0.25) is 0 Å². The first kappa shape index (κ1) is 109. The van der Waals surface area contributed by atoms with Gasteiger partial charge in [0.05, 0.1) is 125 Å². The van der Waals surface area contributed by atoms with E-state index in [0.29, 0.717) is 209 Å². The number of azide groups is 4. The first-order valence-electron chi connectivity index (χ1n) is 31.7. The van der Waals surface area contributed by atoms with Gasteiger partial charge >= 0.3 is 29.6 Å². The minimum absolute atomic E-state index is 0. The molecular formula is C58H111N18NaO20. The third-order valence-corrected chi connectivity index (χ3v) is 10.5. The normalized spacial score (nSPS) is 11.5. The summed E-state index contributed by atoms with van der Waals surface area (Å²) in [6, 6.07) is 0. The second-order valence-electron chi connectivity index (χ2n) is 17.4. The fourth-order valence-electron chi connectivity index (χ4n) is 5.93. The molecular weight excluding hydrogens is 1290 g/mol. The van der Waals surface area contributed by atoms with Crippen molar-refractivity contribution in [1.82, 2.24) is 9.80 Å². The third-order valence-electron chi connectivity index (χ3n) is 10.5. The maximum atomic E-state index is 11.7. The van der Waals surface area contributed by atoms with E-state index >= 15 is 0 Å². The molecule has 0 aromatic carbocycles. The molecule has 0 radical (unpaired) electrons. The van der Waals surface area contributed by atoms with Gasteiger partial charge in [-0.15, -0.1) is 5.53 Å². The molecule has 2 rings (SSSR count). The Balaban J connectivity index is -0.000000135. The number of ketones is 3. The van der Waals surface area contributed by atoms with E-state index in [4.69, 9.17) is 96.3 Å². The number of carbonyl (C=O) groups is 8. The molecule has 3 N–H and O–H groups in total. The Morgan fingerprint density at radius 1 is 0.546 bits per heavy atom. The fraction of sp³-hybridized carbons (Fsp3) is 0.828. The molecule has 1 fully saturated rings. The maximum Gasteiger partial charge on any atom is 1.00 e. The quantitative estimate of drug-likeness (QED) is 0.00899. The van der Waals surface area contributed by atoms with Crippen LogP contribution in [0.25, 0.3) is 52.2 Å². The second kappa shape index (κ2) is 101. The molecule has 554 valence electrons. The Hall–Kier alpha value is -6.43. The van der Waals surface area contributed by atoms with Crippen molar-refractivity contribution in [2.75, 3.05) is 178 Å².